The highest BCUT2D eigenvalue weighted by molar-refractivity contribution is 7.89. The first-order chi connectivity index (χ1) is 9.90. The molecule has 1 saturated carbocycles. The highest BCUT2D eigenvalue weighted by atomic mass is 32.2. The number of nitrogens with one attached hydrogen (secondary N) is 1. The van der Waals surface area contributed by atoms with Crippen molar-refractivity contribution in [3.8, 4) is 0 Å². The molecular formula is C13H19N3O4S. The zero-order valence-corrected chi connectivity index (χ0v) is 12.4. The lowest BCUT2D eigenvalue weighted by atomic mass is 10.1. The van der Waals surface area contributed by atoms with Crippen LogP contribution in [0.3, 0.4) is 0 Å². The highest BCUT2D eigenvalue weighted by Gasteiger charge is 2.28. The number of hydrogen-bond acceptors (Lipinski definition) is 5. The third-order valence-corrected chi connectivity index (χ3v) is 5.21. The van der Waals surface area contributed by atoms with Crippen LogP contribution in [0.15, 0.2) is 23.1 Å². The minimum atomic E-state index is -3.92. The molecule has 21 heavy (non-hydrogen) atoms. The van der Waals surface area contributed by atoms with Crippen molar-refractivity contribution in [1.82, 2.24) is 4.72 Å². The van der Waals surface area contributed by atoms with E-state index in [1.54, 1.807) is 0 Å². The van der Waals surface area contributed by atoms with Gasteiger partial charge in [0.1, 0.15) is 0 Å². The Balaban J connectivity index is 2.28. The fourth-order valence-corrected chi connectivity index (χ4v) is 4.04. The molecule has 0 radical (unpaired) electrons. The van der Waals surface area contributed by atoms with E-state index >= 15 is 0 Å². The van der Waals surface area contributed by atoms with Crippen molar-refractivity contribution in [2.24, 2.45) is 0 Å². The predicted molar refractivity (Wildman–Crippen MR) is 79.3 cm³/mol. The molecule has 2 rings (SSSR count). The number of nitrogen functional groups attached to an aromatic ring is 1. The normalized spacial score (nSPS) is 17.3. The Labute approximate surface area is 123 Å². The summed E-state index contributed by atoms with van der Waals surface area (Å²) in [5, 5.41) is 11.0. The van der Waals surface area contributed by atoms with E-state index in [0.717, 1.165) is 44.6 Å². The van der Waals surface area contributed by atoms with Gasteiger partial charge in [-0.05, 0) is 25.0 Å². The molecule has 7 nitrogen and oxygen atoms in total. The second-order valence-electron chi connectivity index (χ2n) is 5.29. The van der Waals surface area contributed by atoms with E-state index < -0.39 is 20.6 Å². The maximum atomic E-state index is 12.4. The summed E-state index contributed by atoms with van der Waals surface area (Å²) in [6, 6.07) is 3.46. The Hall–Kier alpha value is -1.67. The lowest BCUT2D eigenvalue weighted by molar-refractivity contribution is -0.387. The molecule has 1 aliphatic rings. The largest absolute Gasteiger partial charge is 0.399 e. The van der Waals surface area contributed by atoms with Gasteiger partial charge in [0.15, 0.2) is 4.90 Å². The van der Waals surface area contributed by atoms with Crippen LogP contribution in [0.1, 0.15) is 38.5 Å². The molecule has 0 atom stereocenters. The molecule has 0 amide bonds. The predicted octanol–water partition coefficient (Wildman–Crippen LogP) is 2.18. The molecule has 1 fully saturated rings. The van der Waals surface area contributed by atoms with E-state index in [-0.39, 0.29) is 16.6 Å². The summed E-state index contributed by atoms with van der Waals surface area (Å²) in [5.74, 6) is 0. The van der Waals surface area contributed by atoms with Crippen LogP contribution in [0, 0.1) is 10.1 Å². The number of benzene rings is 1. The molecule has 0 bridgehead atoms. The lowest BCUT2D eigenvalue weighted by Crippen LogP contribution is -2.34. The highest BCUT2D eigenvalue weighted by Crippen LogP contribution is 2.27. The Bertz CT molecular complexity index is 622. The van der Waals surface area contributed by atoms with Crippen LogP contribution < -0.4 is 10.5 Å². The molecule has 0 unspecified atom stereocenters. The van der Waals surface area contributed by atoms with E-state index in [1.165, 1.54) is 12.1 Å². The maximum absolute atomic E-state index is 12.4. The number of nitrogens with two attached hydrogens (primary N) is 1. The van der Waals surface area contributed by atoms with Gasteiger partial charge in [0, 0.05) is 17.8 Å². The molecule has 0 saturated heterocycles. The summed E-state index contributed by atoms with van der Waals surface area (Å²) >= 11 is 0. The summed E-state index contributed by atoms with van der Waals surface area (Å²) in [6.07, 6.45) is 5.67. The van der Waals surface area contributed by atoms with Crippen LogP contribution in [0.25, 0.3) is 0 Å². The van der Waals surface area contributed by atoms with E-state index in [0.29, 0.717) is 0 Å². The van der Waals surface area contributed by atoms with Crippen molar-refractivity contribution < 1.29 is 13.3 Å². The summed E-state index contributed by atoms with van der Waals surface area (Å²) < 4.78 is 27.4. The van der Waals surface area contributed by atoms with Crippen molar-refractivity contribution in [2.75, 3.05) is 5.73 Å². The van der Waals surface area contributed by atoms with Gasteiger partial charge in [-0.15, -0.1) is 0 Å². The van der Waals surface area contributed by atoms with Crippen molar-refractivity contribution in [2.45, 2.75) is 49.5 Å². The average Bonchev–Trinajstić information content (AvgIpc) is 2.66. The first-order valence-electron chi connectivity index (χ1n) is 6.96. The first-order valence-corrected chi connectivity index (χ1v) is 8.45. The second kappa shape index (κ2) is 6.40. The Morgan fingerprint density at radius 3 is 2.38 bits per heavy atom. The van der Waals surface area contributed by atoms with Crippen molar-refractivity contribution in [3.05, 3.63) is 28.3 Å². The molecule has 116 valence electrons. The number of hydrogen-bond donors (Lipinski definition) is 2. The van der Waals surface area contributed by atoms with Crippen LogP contribution in [0.2, 0.25) is 0 Å². The zero-order chi connectivity index (χ0) is 15.5. The van der Waals surface area contributed by atoms with E-state index in [1.807, 2.05) is 0 Å². The number of nitrogens with zero attached hydrogens (tertiary/aromatic N) is 1. The van der Waals surface area contributed by atoms with Crippen LogP contribution >= 0.6 is 0 Å². The fraction of sp³-hybridized carbons (Fsp3) is 0.538. The van der Waals surface area contributed by atoms with Crippen LogP contribution in [0.4, 0.5) is 11.4 Å². The lowest BCUT2D eigenvalue weighted by Gasteiger charge is -2.16. The van der Waals surface area contributed by atoms with Gasteiger partial charge in [0.25, 0.3) is 5.69 Å². The van der Waals surface area contributed by atoms with Gasteiger partial charge in [-0.2, -0.15) is 0 Å². The van der Waals surface area contributed by atoms with Crippen LogP contribution in [0.5, 0.6) is 0 Å². The third kappa shape index (κ3) is 3.92. The summed E-state index contributed by atoms with van der Waals surface area (Å²) in [5.41, 5.74) is 5.17. The van der Waals surface area contributed by atoms with Gasteiger partial charge in [-0.3, -0.25) is 10.1 Å². The molecule has 0 aromatic heterocycles. The summed E-state index contributed by atoms with van der Waals surface area (Å²) in [6.45, 7) is 0. The smallest absolute Gasteiger partial charge is 0.291 e. The van der Waals surface area contributed by atoms with Gasteiger partial charge < -0.3 is 5.73 Å². The Morgan fingerprint density at radius 1 is 1.19 bits per heavy atom. The Morgan fingerprint density at radius 2 is 1.81 bits per heavy atom. The molecule has 1 aromatic rings. The molecule has 0 spiro atoms. The first kappa shape index (κ1) is 15.7. The van der Waals surface area contributed by atoms with Gasteiger partial charge in [-0.25, -0.2) is 13.1 Å². The molecule has 0 aliphatic heterocycles. The Kier molecular flexibility index (Phi) is 4.79. The molecule has 1 aromatic carbocycles. The van der Waals surface area contributed by atoms with Crippen molar-refractivity contribution >= 4 is 21.4 Å². The van der Waals surface area contributed by atoms with Crippen LogP contribution in [-0.4, -0.2) is 19.4 Å². The van der Waals surface area contributed by atoms with Gasteiger partial charge in [0.05, 0.1) is 4.92 Å². The SMILES string of the molecule is Nc1ccc(S(=O)(=O)NC2CCCCCC2)c([N+](=O)[O-])c1. The number of anilines is 1. The van der Waals surface area contributed by atoms with E-state index in [4.69, 9.17) is 5.73 Å². The number of nitro groups is 1. The quantitative estimate of drug-likeness (QED) is 0.382. The van der Waals surface area contributed by atoms with E-state index in [2.05, 4.69) is 4.72 Å². The monoisotopic (exact) mass is 313 g/mol. The minimum Gasteiger partial charge on any atom is -0.399 e. The number of nitro benzene ring substituents is 1. The van der Waals surface area contributed by atoms with E-state index in [9.17, 15) is 18.5 Å². The third-order valence-electron chi connectivity index (χ3n) is 3.65. The standard InChI is InChI=1S/C13H19N3O4S/c14-10-7-8-13(12(9-10)16(17)18)21(19,20)15-11-5-3-1-2-4-6-11/h7-9,11,15H,1-6,14H2. The molecular weight excluding hydrogens is 294 g/mol. The fourth-order valence-electron chi connectivity index (χ4n) is 2.58. The maximum Gasteiger partial charge on any atom is 0.291 e. The zero-order valence-electron chi connectivity index (χ0n) is 11.6. The van der Waals surface area contributed by atoms with Crippen LogP contribution in [-0.2, 0) is 10.0 Å². The number of sulfonamides is 1. The second-order valence-corrected chi connectivity index (χ2v) is 6.98. The molecule has 0 heterocycles. The molecule has 3 N–H and O–H groups in total. The van der Waals surface area contributed by atoms with Gasteiger partial charge >= 0.3 is 0 Å². The molecule has 8 heteroatoms. The average molecular weight is 313 g/mol. The van der Waals surface area contributed by atoms with Gasteiger partial charge in [0.2, 0.25) is 10.0 Å². The number of rotatable bonds is 4. The summed E-state index contributed by atoms with van der Waals surface area (Å²) in [4.78, 5) is 9.97. The summed E-state index contributed by atoms with van der Waals surface area (Å²) in [7, 11) is -3.92. The van der Waals surface area contributed by atoms with Crippen molar-refractivity contribution in [1.29, 1.82) is 0 Å². The minimum absolute atomic E-state index is 0.158. The van der Waals surface area contributed by atoms with Crippen molar-refractivity contribution in [3.63, 3.8) is 0 Å². The van der Waals surface area contributed by atoms with Gasteiger partial charge in [-0.1, -0.05) is 25.7 Å². The topological polar surface area (TPSA) is 115 Å². The molecule has 1 aliphatic carbocycles.